The zero-order valence-electron chi connectivity index (χ0n) is 15.5. The molecule has 7 nitrogen and oxygen atoms in total. The predicted octanol–water partition coefficient (Wildman–Crippen LogP) is 2.58. The Labute approximate surface area is 154 Å². The molecule has 140 valence electrons. The highest BCUT2D eigenvalue weighted by Crippen LogP contribution is 2.23. The van der Waals surface area contributed by atoms with Gasteiger partial charge in [0.15, 0.2) is 5.96 Å². The minimum Gasteiger partial charge on any atom is -0.494 e. The Morgan fingerprint density at radius 3 is 2.58 bits per heavy atom. The smallest absolute Gasteiger partial charge is 0.219 e. The monoisotopic (exact) mass is 358 g/mol. The molecule has 0 amide bonds. The normalized spacial score (nSPS) is 11.1. The van der Waals surface area contributed by atoms with Crippen LogP contribution >= 0.6 is 0 Å². The van der Waals surface area contributed by atoms with Crippen LogP contribution in [0.5, 0.6) is 17.4 Å². The van der Waals surface area contributed by atoms with Crippen molar-refractivity contribution in [2.24, 2.45) is 4.99 Å². The van der Waals surface area contributed by atoms with E-state index in [1.54, 1.807) is 20.4 Å². The number of hydrogen-bond acceptors (Lipinski definition) is 5. The van der Waals surface area contributed by atoms with E-state index in [0.717, 1.165) is 11.3 Å². The lowest BCUT2D eigenvalue weighted by Crippen LogP contribution is -2.38. The van der Waals surface area contributed by atoms with Crippen LogP contribution in [0.1, 0.15) is 12.5 Å². The van der Waals surface area contributed by atoms with Crippen LogP contribution in [-0.2, 0) is 11.3 Å². The maximum atomic E-state index is 5.81. The van der Waals surface area contributed by atoms with Gasteiger partial charge in [-0.2, -0.15) is 0 Å². The lowest BCUT2D eigenvalue weighted by Gasteiger charge is -2.12. The van der Waals surface area contributed by atoms with Crippen molar-refractivity contribution in [1.82, 2.24) is 15.6 Å². The second-order valence-corrected chi connectivity index (χ2v) is 5.35. The zero-order chi connectivity index (χ0) is 18.6. The summed E-state index contributed by atoms with van der Waals surface area (Å²) in [4.78, 5) is 8.43. The van der Waals surface area contributed by atoms with Gasteiger partial charge < -0.3 is 24.8 Å². The molecule has 0 saturated carbocycles. The SMILES string of the molecule is CCOc1ccc(Oc2cc(CNC(=NC)NCCOC)ccn2)cc1. The van der Waals surface area contributed by atoms with E-state index in [4.69, 9.17) is 14.2 Å². The molecule has 0 aliphatic carbocycles. The number of aromatic nitrogens is 1. The van der Waals surface area contributed by atoms with E-state index in [0.29, 0.717) is 43.9 Å². The van der Waals surface area contributed by atoms with Gasteiger partial charge in [0.2, 0.25) is 5.88 Å². The summed E-state index contributed by atoms with van der Waals surface area (Å²) in [6.07, 6.45) is 1.72. The van der Waals surface area contributed by atoms with Crippen molar-refractivity contribution in [2.75, 3.05) is 33.9 Å². The molecule has 0 fully saturated rings. The first-order valence-corrected chi connectivity index (χ1v) is 8.54. The summed E-state index contributed by atoms with van der Waals surface area (Å²) in [7, 11) is 3.40. The topological polar surface area (TPSA) is 77.0 Å². The summed E-state index contributed by atoms with van der Waals surface area (Å²) in [6.45, 7) is 4.51. The Morgan fingerprint density at radius 2 is 1.88 bits per heavy atom. The van der Waals surface area contributed by atoms with Crippen LogP contribution in [-0.4, -0.2) is 44.9 Å². The van der Waals surface area contributed by atoms with Gasteiger partial charge in [-0.05, 0) is 42.8 Å². The van der Waals surface area contributed by atoms with Gasteiger partial charge in [-0.15, -0.1) is 0 Å². The lowest BCUT2D eigenvalue weighted by molar-refractivity contribution is 0.203. The summed E-state index contributed by atoms with van der Waals surface area (Å²) >= 11 is 0. The van der Waals surface area contributed by atoms with E-state index in [2.05, 4.69) is 20.6 Å². The molecule has 0 aliphatic heterocycles. The van der Waals surface area contributed by atoms with Crippen molar-refractivity contribution in [1.29, 1.82) is 0 Å². The fourth-order valence-electron chi connectivity index (χ4n) is 2.19. The third-order valence-electron chi connectivity index (χ3n) is 3.44. The van der Waals surface area contributed by atoms with Gasteiger partial charge in [-0.3, -0.25) is 4.99 Å². The molecule has 1 aromatic carbocycles. The molecule has 0 aliphatic rings. The third kappa shape index (κ3) is 6.60. The molecule has 0 atom stereocenters. The maximum Gasteiger partial charge on any atom is 0.219 e. The number of benzene rings is 1. The summed E-state index contributed by atoms with van der Waals surface area (Å²) < 4.78 is 16.2. The Bertz CT molecular complexity index is 689. The minimum atomic E-state index is 0.538. The van der Waals surface area contributed by atoms with Crippen molar-refractivity contribution in [3.8, 4) is 17.4 Å². The molecular formula is C19H26N4O3. The Kier molecular flexibility index (Phi) is 8.21. The van der Waals surface area contributed by atoms with E-state index in [9.17, 15) is 0 Å². The summed E-state index contributed by atoms with van der Waals surface area (Å²) in [6, 6.07) is 11.3. The highest BCUT2D eigenvalue weighted by Gasteiger charge is 2.03. The molecule has 26 heavy (non-hydrogen) atoms. The van der Waals surface area contributed by atoms with Gasteiger partial charge in [-0.25, -0.2) is 4.98 Å². The molecule has 2 aromatic rings. The van der Waals surface area contributed by atoms with Crippen molar-refractivity contribution < 1.29 is 14.2 Å². The number of rotatable bonds is 9. The minimum absolute atomic E-state index is 0.538. The lowest BCUT2D eigenvalue weighted by atomic mass is 10.2. The number of nitrogens with zero attached hydrogens (tertiary/aromatic N) is 2. The van der Waals surface area contributed by atoms with Gasteiger partial charge in [0, 0.05) is 39.5 Å². The molecule has 0 unspecified atom stereocenters. The summed E-state index contributed by atoms with van der Waals surface area (Å²) in [5, 5.41) is 6.41. The molecular weight excluding hydrogens is 332 g/mol. The Balaban J connectivity index is 1.90. The van der Waals surface area contributed by atoms with Crippen LogP contribution in [0.15, 0.2) is 47.6 Å². The standard InChI is InChI=1S/C19H26N4O3/c1-4-25-16-5-7-17(8-6-16)26-18-13-15(9-10-21-18)14-23-19(20-2)22-11-12-24-3/h5-10,13H,4,11-12,14H2,1-3H3,(H2,20,22,23). The van der Waals surface area contributed by atoms with Crippen molar-refractivity contribution in [3.05, 3.63) is 48.2 Å². The fourth-order valence-corrected chi connectivity index (χ4v) is 2.19. The molecule has 0 bridgehead atoms. The van der Waals surface area contributed by atoms with E-state index in [1.807, 2.05) is 43.3 Å². The molecule has 1 heterocycles. The van der Waals surface area contributed by atoms with Gasteiger partial charge in [-0.1, -0.05) is 0 Å². The number of methoxy groups -OCH3 is 1. The zero-order valence-corrected chi connectivity index (χ0v) is 15.5. The average molecular weight is 358 g/mol. The first-order chi connectivity index (χ1) is 12.7. The highest BCUT2D eigenvalue weighted by atomic mass is 16.5. The molecule has 1 aromatic heterocycles. The fraction of sp³-hybridized carbons (Fsp3) is 0.368. The number of ether oxygens (including phenoxy) is 3. The predicted molar refractivity (Wildman–Crippen MR) is 102 cm³/mol. The van der Waals surface area contributed by atoms with Crippen LogP contribution in [0, 0.1) is 0 Å². The van der Waals surface area contributed by atoms with Gasteiger partial charge in [0.05, 0.1) is 13.2 Å². The maximum absolute atomic E-state index is 5.81. The second-order valence-electron chi connectivity index (χ2n) is 5.35. The Hall–Kier alpha value is -2.80. The van der Waals surface area contributed by atoms with Crippen LogP contribution < -0.4 is 20.1 Å². The molecule has 2 rings (SSSR count). The van der Waals surface area contributed by atoms with Crippen molar-refractivity contribution >= 4 is 5.96 Å². The van der Waals surface area contributed by atoms with E-state index in [1.165, 1.54) is 0 Å². The first-order valence-electron chi connectivity index (χ1n) is 8.54. The molecule has 0 saturated heterocycles. The van der Waals surface area contributed by atoms with E-state index >= 15 is 0 Å². The highest BCUT2D eigenvalue weighted by molar-refractivity contribution is 5.79. The van der Waals surface area contributed by atoms with E-state index in [-0.39, 0.29) is 0 Å². The van der Waals surface area contributed by atoms with Gasteiger partial charge >= 0.3 is 0 Å². The molecule has 2 N–H and O–H groups in total. The second kappa shape index (κ2) is 10.9. The number of guanidine groups is 1. The average Bonchev–Trinajstić information content (AvgIpc) is 2.67. The van der Waals surface area contributed by atoms with Crippen LogP contribution in [0.25, 0.3) is 0 Å². The third-order valence-corrected chi connectivity index (χ3v) is 3.44. The number of pyridine rings is 1. The van der Waals surface area contributed by atoms with E-state index < -0.39 is 0 Å². The molecule has 0 radical (unpaired) electrons. The van der Waals surface area contributed by atoms with Crippen molar-refractivity contribution in [3.63, 3.8) is 0 Å². The van der Waals surface area contributed by atoms with Gasteiger partial charge in [0.25, 0.3) is 0 Å². The van der Waals surface area contributed by atoms with Crippen LogP contribution in [0.3, 0.4) is 0 Å². The van der Waals surface area contributed by atoms with Gasteiger partial charge in [0.1, 0.15) is 11.5 Å². The molecule has 7 heteroatoms. The largest absolute Gasteiger partial charge is 0.494 e. The summed E-state index contributed by atoms with van der Waals surface area (Å²) in [5.41, 5.74) is 1.04. The van der Waals surface area contributed by atoms with Crippen molar-refractivity contribution in [2.45, 2.75) is 13.5 Å². The summed E-state index contributed by atoms with van der Waals surface area (Å²) in [5.74, 6) is 2.78. The molecule has 0 spiro atoms. The first kappa shape index (κ1) is 19.5. The Morgan fingerprint density at radius 1 is 1.12 bits per heavy atom. The van der Waals surface area contributed by atoms with Crippen LogP contribution in [0.2, 0.25) is 0 Å². The van der Waals surface area contributed by atoms with Crippen LogP contribution in [0.4, 0.5) is 0 Å². The number of aliphatic imine (C=N–C) groups is 1. The number of hydrogen-bond donors (Lipinski definition) is 2. The quantitative estimate of drug-likeness (QED) is 0.408. The number of nitrogens with one attached hydrogen (secondary N) is 2.